The van der Waals surface area contributed by atoms with Crippen LogP contribution in [-0.2, 0) is 4.79 Å². The molecule has 1 amide bonds. The van der Waals surface area contributed by atoms with Crippen LogP contribution in [0.15, 0.2) is 94.8 Å². The van der Waals surface area contributed by atoms with Crippen molar-refractivity contribution in [1.29, 1.82) is 0 Å². The molecule has 0 saturated carbocycles. The minimum atomic E-state index is -0.250. The van der Waals surface area contributed by atoms with Crippen LogP contribution in [0, 0.1) is 0 Å². The maximum absolute atomic E-state index is 12.8. The average molecular weight is 410 g/mol. The highest BCUT2D eigenvalue weighted by molar-refractivity contribution is 6.01. The summed E-state index contributed by atoms with van der Waals surface area (Å²) >= 11 is 0. The number of rotatable bonds is 5. The van der Waals surface area contributed by atoms with Crippen molar-refractivity contribution in [3.8, 4) is 16.9 Å². The van der Waals surface area contributed by atoms with E-state index in [9.17, 15) is 4.79 Å². The number of carbonyl (C=O) groups is 1. The van der Waals surface area contributed by atoms with Crippen molar-refractivity contribution in [3.63, 3.8) is 0 Å². The molecule has 6 heteroatoms. The second kappa shape index (κ2) is 8.07. The van der Waals surface area contributed by atoms with Gasteiger partial charge in [0, 0.05) is 30.2 Å². The Morgan fingerprint density at radius 2 is 1.77 bits per heavy atom. The average Bonchev–Trinajstić information content (AvgIpc) is 3.58. The van der Waals surface area contributed by atoms with Gasteiger partial charge in [-0.25, -0.2) is 9.69 Å². The number of para-hydroxylation sites is 1. The Balaban J connectivity index is 1.62. The van der Waals surface area contributed by atoms with E-state index in [0.717, 1.165) is 28.2 Å². The first kappa shape index (κ1) is 19.1. The van der Waals surface area contributed by atoms with Gasteiger partial charge in [-0.05, 0) is 24.3 Å². The molecule has 0 aliphatic carbocycles. The van der Waals surface area contributed by atoms with Crippen LogP contribution in [0.2, 0.25) is 0 Å². The van der Waals surface area contributed by atoms with Crippen LogP contribution >= 0.6 is 0 Å². The fraction of sp³-hybridized carbons (Fsp3) is 0.160. The normalized spacial score (nSPS) is 15.8. The summed E-state index contributed by atoms with van der Waals surface area (Å²) < 4.78 is 7.44. The highest BCUT2D eigenvalue weighted by Gasteiger charge is 2.36. The lowest BCUT2D eigenvalue weighted by molar-refractivity contribution is -0.132. The maximum atomic E-state index is 12.8. The van der Waals surface area contributed by atoms with Crippen molar-refractivity contribution in [2.75, 3.05) is 0 Å². The number of amides is 1. The van der Waals surface area contributed by atoms with E-state index in [0.29, 0.717) is 18.6 Å². The molecule has 0 spiro atoms. The number of furan rings is 1. The molecule has 1 atom stereocenters. The summed E-state index contributed by atoms with van der Waals surface area (Å²) in [7, 11) is 0. The molecule has 0 bridgehead atoms. The quantitative estimate of drug-likeness (QED) is 0.453. The third-order valence-electron chi connectivity index (χ3n) is 5.44. The highest BCUT2D eigenvalue weighted by atomic mass is 16.3. The van der Waals surface area contributed by atoms with E-state index in [2.05, 4.69) is 5.10 Å². The van der Waals surface area contributed by atoms with Gasteiger partial charge in [0.15, 0.2) is 0 Å². The van der Waals surface area contributed by atoms with Crippen LogP contribution in [0.4, 0.5) is 0 Å². The van der Waals surface area contributed by atoms with Crippen LogP contribution in [0.25, 0.3) is 16.9 Å². The predicted molar refractivity (Wildman–Crippen MR) is 119 cm³/mol. The summed E-state index contributed by atoms with van der Waals surface area (Å²) in [4.78, 5) is 12.8. The Morgan fingerprint density at radius 3 is 2.45 bits per heavy atom. The van der Waals surface area contributed by atoms with Crippen molar-refractivity contribution in [3.05, 3.63) is 96.6 Å². The number of hydrazone groups is 1. The van der Waals surface area contributed by atoms with Crippen LogP contribution in [0.1, 0.15) is 37.1 Å². The Labute approximate surface area is 180 Å². The molecule has 2 aromatic heterocycles. The smallest absolute Gasteiger partial charge is 0.242 e. The van der Waals surface area contributed by atoms with Gasteiger partial charge in [-0.2, -0.15) is 10.2 Å². The van der Waals surface area contributed by atoms with Crippen molar-refractivity contribution in [2.24, 2.45) is 5.10 Å². The van der Waals surface area contributed by atoms with Gasteiger partial charge in [0.2, 0.25) is 5.91 Å². The van der Waals surface area contributed by atoms with Crippen molar-refractivity contribution < 1.29 is 9.21 Å². The van der Waals surface area contributed by atoms with Gasteiger partial charge in [0.25, 0.3) is 0 Å². The summed E-state index contributed by atoms with van der Waals surface area (Å²) in [5, 5.41) is 11.1. The number of hydrogen-bond donors (Lipinski definition) is 0. The largest absolute Gasteiger partial charge is 0.463 e. The van der Waals surface area contributed by atoms with E-state index in [1.807, 2.05) is 90.6 Å². The Bertz CT molecular complexity index is 1210. The predicted octanol–water partition coefficient (Wildman–Crippen LogP) is 5.22. The van der Waals surface area contributed by atoms with Gasteiger partial charge in [-0.15, -0.1) is 0 Å². The Morgan fingerprint density at radius 1 is 1.03 bits per heavy atom. The molecular formula is C25H22N4O2. The van der Waals surface area contributed by atoms with Crippen LogP contribution in [0.3, 0.4) is 0 Å². The van der Waals surface area contributed by atoms with E-state index < -0.39 is 0 Å². The van der Waals surface area contributed by atoms with Crippen molar-refractivity contribution in [1.82, 2.24) is 14.8 Å². The molecule has 3 heterocycles. The van der Waals surface area contributed by atoms with Crippen molar-refractivity contribution >= 4 is 11.6 Å². The molecule has 31 heavy (non-hydrogen) atoms. The van der Waals surface area contributed by atoms with Crippen LogP contribution in [0.5, 0.6) is 0 Å². The van der Waals surface area contributed by atoms with Gasteiger partial charge in [0.1, 0.15) is 11.5 Å². The van der Waals surface area contributed by atoms with E-state index >= 15 is 0 Å². The summed E-state index contributed by atoms with van der Waals surface area (Å²) in [6.07, 6.45) is 4.58. The highest BCUT2D eigenvalue weighted by Crippen LogP contribution is 2.38. The maximum Gasteiger partial charge on any atom is 0.242 e. The molecular weight excluding hydrogens is 388 g/mol. The second-order valence-electron chi connectivity index (χ2n) is 7.41. The van der Waals surface area contributed by atoms with Crippen LogP contribution < -0.4 is 0 Å². The lowest BCUT2D eigenvalue weighted by atomic mass is 9.98. The lowest BCUT2D eigenvalue weighted by Crippen LogP contribution is -2.26. The third kappa shape index (κ3) is 3.57. The zero-order valence-corrected chi connectivity index (χ0v) is 17.2. The second-order valence-corrected chi connectivity index (χ2v) is 7.41. The zero-order valence-electron chi connectivity index (χ0n) is 17.2. The lowest BCUT2D eigenvalue weighted by Gasteiger charge is -2.21. The summed E-state index contributed by atoms with van der Waals surface area (Å²) in [6, 6.07) is 23.5. The first-order valence-electron chi connectivity index (χ1n) is 10.4. The molecule has 6 nitrogen and oxygen atoms in total. The molecule has 1 aliphatic heterocycles. The van der Waals surface area contributed by atoms with Gasteiger partial charge in [-0.1, -0.05) is 55.5 Å². The SMILES string of the molecule is CCC(=O)N1N=C(c2ccco2)C[C@H]1c1cn(-c2ccccc2)nc1-c1ccccc1. The molecule has 5 rings (SSSR count). The monoisotopic (exact) mass is 410 g/mol. The molecule has 0 N–H and O–H groups in total. The number of aromatic nitrogens is 2. The minimum Gasteiger partial charge on any atom is -0.463 e. The fourth-order valence-corrected chi connectivity index (χ4v) is 3.90. The zero-order chi connectivity index (χ0) is 21.2. The van der Waals surface area contributed by atoms with E-state index in [1.54, 1.807) is 11.3 Å². The summed E-state index contributed by atoms with van der Waals surface area (Å²) in [6.45, 7) is 1.85. The summed E-state index contributed by atoms with van der Waals surface area (Å²) in [5.74, 6) is 0.658. The third-order valence-corrected chi connectivity index (χ3v) is 5.44. The number of carbonyl (C=O) groups excluding carboxylic acids is 1. The van der Waals surface area contributed by atoms with Gasteiger partial charge in [-0.3, -0.25) is 4.79 Å². The minimum absolute atomic E-state index is 0.0296. The fourth-order valence-electron chi connectivity index (χ4n) is 3.90. The number of hydrogen-bond acceptors (Lipinski definition) is 4. The van der Waals surface area contributed by atoms with Crippen LogP contribution in [-0.4, -0.2) is 26.4 Å². The molecule has 0 saturated heterocycles. The van der Waals surface area contributed by atoms with Crippen molar-refractivity contribution in [2.45, 2.75) is 25.8 Å². The van der Waals surface area contributed by atoms with E-state index in [-0.39, 0.29) is 11.9 Å². The summed E-state index contributed by atoms with van der Waals surface area (Å²) in [5.41, 5.74) is 4.54. The number of nitrogens with zero attached hydrogens (tertiary/aromatic N) is 4. The standard InChI is InChI=1S/C25H22N4O2/c1-2-24(30)29-22(16-21(26-29)23-14-9-15-31-23)20-17-28(19-12-7-4-8-13-19)27-25(20)18-10-5-3-6-11-18/h3-15,17,22H,2,16H2,1H3/t22-/m0/s1. The molecule has 4 aromatic rings. The Hall–Kier alpha value is -3.93. The first-order valence-corrected chi connectivity index (χ1v) is 10.4. The van der Waals surface area contributed by atoms with Gasteiger partial charge >= 0.3 is 0 Å². The Kier molecular flexibility index (Phi) is 4.96. The first-order chi connectivity index (χ1) is 15.2. The molecule has 0 unspecified atom stereocenters. The van der Waals surface area contributed by atoms with Gasteiger partial charge < -0.3 is 4.42 Å². The topological polar surface area (TPSA) is 63.6 Å². The molecule has 1 aliphatic rings. The molecule has 2 aromatic carbocycles. The van der Waals surface area contributed by atoms with E-state index in [1.165, 1.54) is 0 Å². The van der Waals surface area contributed by atoms with Gasteiger partial charge in [0.05, 0.1) is 23.7 Å². The molecule has 154 valence electrons. The van der Waals surface area contributed by atoms with E-state index in [4.69, 9.17) is 9.52 Å². The molecule has 0 fully saturated rings. The number of benzene rings is 2. The molecule has 0 radical (unpaired) electrons.